The van der Waals surface area contributed by atoms with Gasteiger partial charge in [0.05, 0.1) is 0 Å². The highest BCUT2D eigenvalue weighted by Crippen LogP contribution is 2.12. The molecule has 0 rings (SSSR count). The normalized spacial score (nSPS) is 14.4. The van der Waals surface area contributed by atoms with E-state index in [-0.39, 0.29) is 13.0 Å². The fraction of sp³-hybridized carbons (Fsp3) is 0.875. The lowest BCUT2D eigenvalue weighted by atomic mass is 10.0. The highest BCUT2D eigenvalue weighted by molar-refractivity contribution is 7.87. The van der Waals surface area contributed by atoms with Gasteiger partial charge in [0.1, 0.15) is 6.54 Å². The predicted octanol–water partition coefficient (Wildman–Crippen LogP) is 0.474. The Morgan fingerprint density at radius 1 is 1.33 bits per heavy atom. The molecule has 0 aromatic carbocycles. The highest BCUT2D eigenvalue weighted by Gasteiger charge is 2.29. The van der Waals surface area contributed by atoms with Crippen LogP contribution < -0.4 is 9.44 Å². The first-order valence-electron chi connectivity index (χ1n) is 5.08. The minimum absolute atomic E-state index is 0.226. The van der Waals surface area contributed by atoms with Crippen molar-refractivity contribution in [2.45, 2.75) is 25.9 Å². The molecule has 0 amide bonds. The molecule has 0 saturated carbocycles. The van der Waals surface area contributed by atoms with Crippen molar-refractivity contribution in [2.24, 2.45) is 5.92 Å². The molecule has 1 atom stereocenters. The van der Waals surface area contributed by atoms with Gasteiger partial charge in [-0.25, -0.2) is 4.72 Å². The van der Waals surface area contributed by atoms with E-state index in [2.05, 4.69) is 0 Å². The smallest absolute Gasteiger partial charge is 0.402 e. The van der Waals surface area contributed by atoms with Crippen molar-refractivity contribution in [1.82, 2.24) is 9.44 Å². The lowest BCUT2D eigenvalue weighted by Gasteiger charge is -2.14. The quantitative estimate of drug-likeness (QED) is 0.606. The second-order valence-electron chi connectivity index (χ2n) is 3.66. The second-order valence-corrected chi connectivity index (χ2v) is 5.24. The number of carboxylic acids is 1. The van der Waals surface area contributed by atoms with Crippen LogP contribution in [0, 0.1) is 5.92 Å². The monoisotopic (exact) mass is 292 g/mol. The van der Waals surface area contributed by atoms with Gasteiger partial charge in [0, 0.05) is 13.0 Å². The van der Waals surface area contributed by atoms with Gasteiger partial charge in [0.15, 0.2) is 0 Å². The number of hydrogen-bond donors (Lipinski definition) is 3. The Hall–Kier alpha value is -0.870. The molecular weight excluding hydrogens is 277 g/mol. The number of hydrogen-bond acceptors (Lipinski definition) is 3. The van der Waals surface area contributed by atoms with Gasteiger partial charge in [-0.2, -0.15) is 26.3 Å². The maximum absolute atomic E-state index is 11.8. The van der Waals surface area contributed by atoms with Crippen LogP contribution in [0.4, 0.5) is 13.2 Å². The molecule has 0 bridgehead atoms. The lowest BCUT2D eigenvalue weighted by Crippen LogP contribution is -2.43. The molecule has 10 heteroatoms. The van der Waals surface area contributed by atoms with E-state index in [9.17, 15) is 26.4 Å². The summed E-state index contributed by atoms with van der Waals surface area (Å²) in [4.78, 5) is 10.4. The SMILES string of the molecule is CCC(CNS(=O)(=O)NCC(F)(F)F)CC(=O)O. The number of carbonyl (C=O) groups is 1. The van der Waals surface area contributed by atoms with Crippen molar-refractivity contribution in [1.29, 1.82) is 0 Å². The van der Waals surface area contributed by atoms with E-state index in [0.29, 0.717) is 6.42 Å². The zero-order valence-electron chi connectivity index (χ0n) is 9.62. The van der Waals surface area contributed by atoms with E-state index in [0.717, 1.165) is 0 Å². The zero-order chi connectivity index (χ0) is 14.4. The Bertz CT molecular complexity index is 369. The minimum Gasteiger partial charge on any atom is -0.481 e. The van der Waals surface area contributed by atoms with Gasteiger partial charge in [0.2, 0.25) is 0 Å². The number of carboxylic acid groups (broad SMARTS) is 1. The Labute approximate surface area is 103 Å². The van der Waals surface area contributed by atoms with Gasteiger partial charge in [-0.15, -0.1) is 0 Å². The third-order valence-corrected chi connectivity index (χ3v) is 3.14. The van der Waals surface area contributed by atoms with Gasteiger partial charge in [-0.3, -0.25) is 4.79 Å². The van der Waals surface area contributed by atoms with Crippen LogP contribution >= 0.6 is 0 Å². The molecule has 18 heavy (non-hydrogen) atoms. The summed E-state index contributed by atoms with van der Waals surface area (Å²) < 4.78 is 60.8. The first-order valence-corrected chi connectivity index (χ1v) is 6.57. The molecule has 0 saturated heterocycles. The summed E-state index contributed by atoms with van der Waals surface area (Å²) in [5, 5.41) is 8.51. The number of rotatable bonds is 8. The van der Waals surface area contributed by atoms with Crippen LogP contribution in [0.2, 0.25) is 0 Å². The molecule has 0 spiro atoms. The first-order chi connectivity index (χ1) is 8.06. The topological polar surface area (TPSA) is 95.5 Å². The molecule has 0 aromatic heterocycles. The fourth-order valence-electron chi connectivity index (χ4n) is 1.06. The number of aliphatic carboxylic acids is 1. The number of alkyl halides is 3. The summed E-state index contributed by atoms with van der Waals surface area (Å²) >= 11 is 0. The van der Waals surface area contributed by atoms with Gasteiger partial charge < -0.3 is 5.11 Å². The molecule has 0 aliphatic heterocycles. The van der Waals surface area contributed by atoms with E-state index in [1.54, 1.807) is 6.92 Å². The summed E-state index contributed by atoms with van der Waals surface area (Å²) in [6.45, 7) is -0.237. The average molecular weight is 292 g/mol. The largest absolute Gasteiger partial charge is 0.481 e. The Kier molecular flexibility index (Phi) is 6.57. The van der Waals surface area contributed by atoms with Crippen molar-refractivity contribution >= 4 is 16.2 Å². The summed E-state index contributed by atoms with van der Waals surface area (Å²) in [5.74, 6) is -1.56. The minimum atomic E-state index is -4.64. The van der Waals surface area contributed by atoms with Crippen LogP contribution in [0.3, 0.4) is 0 Å². The zero-order valence-corrected chi connectivity index (χ0v) is 10.4. The van der Waals surface area contributed by atoms with E-state index in [1.165, 1.54) is 4.72 Å². The molecule has 0 fully saturated rings. The average Bonchev–Trinajstić information content (AvgIpc) is 2.20. The van der Waals surface area contributed by atoms with Crippen LogP contribution in [0.15, 0.2) is 0 Å². The standard InChI is InChI=1S/C8H15F3N2O4S/c1-2-6(3-7(14)15)4-12-18(16,17)13-5-8(9,10)11/h6,12-13H,2-5H2,1H3,(H,14,15). The second kappa shape index (κ2) is 6.90. The van der Waals surface area contributed by atoms with E-state index < -0.39 is 34.8 Å². The molecule has 0 aromatic rings. The van der Waals surface area contributed by atoms with Crippen molar-refractivity contribution in [3.05, 3.63) is 0 Å². The van der Waals surface area contributed by atoms with Gasteiger partial charge in [0.25, 0.3) is 10.2 Å². The maximum atomic E-state index is 11.8. The van der Waals surface area contributed by atoms with Crippen LogP contribution in [0.1, 0.15) is 19.8 Å². The number of halogens is 3. The van der Waals surface area contributed by atoms with Crippen LogP contribution in [0.25, 0.3) is 0 Å². The molecule has 6 nitrogen and oxygen atoms in total. The van der Waals surface area contributed by atoms with Gasteiger partial charge in [-0.1, -0.05) is 13.3 Å². The highest BCUT2D eigenvalue weighted by atomic mass is 32.2. The molecule has 108 valence electrons. The Morgan fingerprint density at radius 3 is 2.28 bits per heavy atom. The van der Waals surface area contributed by atoms with Crippen molar-refractivity contribution in [3.8, 4) is 0 Å². The van der Waals surface area contributed by atoms with Crippen molar-refractivity contribution < 1.29 is 31.5 Å². The molecule has 0 heterocycles. The van der Waals surface area contributed by atoms with E-state index in [4.69, 9.17) is 5.11 Å². The summed E-state index contributed by atoms with van der Waals surface area (Å²) in [6.07, 6.45) is -4.49. The molecule has 3 N–H and O–H groups in total. The van der Waals surface area contributed by atoms with E-state index in [1.807, 2.05) is 4.72 Å². The first kappa shape index (κ1) is 17.1. The van der Waals surface area contributed by atoms with Crippen molar-refractivity contribution in [2.75, 3.05) is 13.1 Å². The van der Waals surface area contributed by atoms with Crippen molar-refractivity contribution in [3.63, 3.8) is 0 Å². The van der Waals surface area contributed by atoms with Gasteiger partial charge in [-0.05, 0) is 5.92 Å². The molecular formula is C8H15F3N2O4S. The van der Waals surface area contributed by atoms with Crippen LogP contribution in [0.5, 0.6) is 0 Å². The van der Waals surface area contributed by atoms with Gasteiger partial charge >= 0.3 is 12.1 Å². The van der Waals surface area contributed by atoms with Crippen LogP contribution in [-0.4, -0.2) is 38.8 Å². The predicted molar refractivity (Wildman–Crippen MR) is 57.0 cm³/mol. The third-order valence-electron chi connectivity index (χ3n) is 2.07. The Morgan fingerprint density at radius 2 is 1.89 bits per heavy atom. The Balaban J connectivity index is 4.20. The molecule has 0 aliphatic rings. The van der Waals surface area contributed by atoms with E-state index >= 15 is 0 Å². The third kappa shape index (κ3) is 9.19. The maximum Gasteiger partial charge on any atom is 0.402 e. The molecule has 0 aliphatic carbocycles. The number of nitrogens with one attached hydrogen (secondary N) is 2. The lowest BCUT2D eigenvalue weighted by molar-refractivity contribution is -0.138. The summed E-state index contributed by atoms with van der Waals surface area (Å²) in [7, 11) is -4.27. The molecule has 0 radical (unpaired) electrons. The van der Waals surface area contributed by atoms with Crippen LogP contribution in [-0.2, 0) is 15.0 Å². The fourth-order valence-corrected chi connectivity index (χ4v) is 1.97. The summed E-state index contributed by atoms with van der Waals surface area (Å²) in [6, 6.07) is 0. The summed E-state index contributed by atoms with van der Waals surface area (Å²) in [5.41, 5.74) is 0. The molecule has 1 unspecified atom stereocenters.